The van der Waals surface area contributed by atoms with E-state index in [1.165, 1.54) is 231 Å². The minimum Gasteiger partial charge on any atom is -0.477 e. The van der Waals surface area contributed by atoms with E-state index in [9.17, 15) is 19.5 Å². The zero-order valence-corrected chi connectivity index (χ0v) is 66.5. The molecular formula is C92H160NO8+. The first-order valence-electron chi connectivity index (χ1n) is 42.3. The summed E-state index contributed by atoms with van der Waals surface area (Å²) in [6.45, 7) is 4.78. The molecule has 0 aliphatic carbocycles. The Kier molecular flexibility index (Phi) is 77.4. The highest BCUT2D eigenvalue weighted by molar-refractivity contribution is 5.71. The lowest BCUT2D eigenvalue weighted by molar-refractivity contribution is -0.870. The number of esters is 2. The van der Waals surface area contributed by atoms with Gasteiger partial charge in [-0.15, -0.1) is 0 Å². The summed E-state index contributed by atoms with van der Waals surface area (Å²) in [5.41, 5.74) is 0. The van der Waals surface area contributed by atoms with Gasteiger partial charge in [0.05, 0.1) is 34.4 Å². The monoisotopic (exact) mass is 1410 g/mol. The molecule has 2 atom stereocenters. The van der Waals surface area contributed by atoms with Crippen molar-refractivity contribution in [2.75, 3.05) is 47.5 Å². The van der Waals surface area contributed by atoms with Crippen LogP contribution in [0.2, 0.25) is 0 Å². The number of quaternary nitrogens is 1. The minimum atomic E-state index is -1.52. The van der Waals surface area contributed by atoms with Crippen LogP contribution in [0.25, 0.3) is 0 Å². The zero-order valence-electron chi connectivity index (χ0n) is 66.5. The Bertz CT molecular complexity index is 2130. The largest absolute Gasteiger partial charge is 0.477 e. The molecule has 0 amide bonds. The average molecular weight is 1410 g/mol. The molecule has 580 valence electrons. The molecule has 101 heavy (non-hydrogen) atoms. The topological polar surface area (TPSA) is 108 Å². The summed E-state index contributed by atoms with van der Waals surface area (Å²) in [6, 6.07) is 0. The van der Waals surface area contributed by atoms with Gasteiger partial charge in [-0.1, -0.05) is 379 Å². The molecule has 0 fully saturated rings. The molecule has 2 unspecified atom stereocenters. The maximum absolute atomic E-state index is 13.0. The van der Waals surface area contributed by atoms with E-state index < -0.39 is 24.3 Å². The average Bonchev–Trinajstić information content (AvgIpc) is 1.25. The molecule has 0 rings (SSSR count). The number of hydrogen-bond acceptors (Lipinski definition) is 7. The van der Waals surface area contributed by atoms with Gasteiger partial charge in [0.1, 0.15) is 13.2 Å². The summed E-state index contributed by atoms with van der Waals surface area (Å²) >= 11 is 0. The van der Waals surface area contributed by atoms with E-state index in [0.717, 1.165) is 109 Å². The van der Waals surface area contributed by atoms with Crippen LogP contribution in [-0.4, -0.2) is 87.4 Å². The third-order valence-electron chi connectivity index (χ3n) is 18.4. The lowest BCUT2D eigenvalue weighted by atomic mass is 10.0. The number of allylic oxidation sites excluding steroid dienone is 22. The first-order valence-corrected chi connectivity index (χ1v) is 42.3. The number of carboxylic acid groups (broad SMARTS) is 1. The summed E-state index contributed by atoms with van der Waals surface area (Å²) < 4.78 is 23.1. The van der Waals surface area contributed by atoms with Crippen LogP contribution in [0.15, 0.2) is 134 Å². The Hall–Kier alpha value is -4.57. The summed E-state index contributed by atoms with van der Waals surface area (Å²) in [4.78, 5) is 37.8. The highest BCUT2D eigenvalue weighted by Crippen LogP contribution is 2.19. The number of carboxylic acids is 1. The van der Waals surface area contributed by atoms with Gasteiger partial charge in [0.2, 0.25) is 0 Å². The lowest BCUT2D eigenvalue weighted by Gasteiger charge is -2.25. The van der Waals surface area contributed by atoms with Gasteiger partial charge in [0.25, 0.3) is 6.29 Å². The van der Waals surface area contributed by atoms with Gasteiger partial charge in [0.15, 0.2) is 6.10 Å². The quantitative estimate of drug-likeness (QED) is 0.0211. The fourth-order valence-corrected chi connectivity index (χ4v) is 12.0. The van der Waals surface area contributed by atoms with E-state index in [-0.39, 0.29) is 32.2 Å². The van der Waals surface area contributed by atoms with Crippen LogP contribution < -0.4 is 0 Å². The van der Waals surface area contributed by atoms with Crippen LogP contribution in [0.3, 0.4) is 0 Å². The van der Waals surface area contributed by atoms with Gasteiger partial charge in [-0.2, -0.15) is 0 Å². The summed E-state index contributed by atoms with van der Waals surface area (Å²) in [7, 11) is 5.99. The molecule has 0 aromatic carbocycles. The third kappa shape index (κ3) is 82.6. The molecule has 9 heteroatoms. The molecule has 0 saturated heterocycles. The van der Waals surface area contributed by atoms with Crippen molar-refractivity contribution in [1.29, 1.82) is 0 Å². The minimum absolute atomic E-state index is 0.183. The van der Waals surface area contributed by atoms with Gasteiger partial charge in [-0.05, 0) is 116 Å². The number of likely N-dealkylation sites (N-methyl/N-ethyl adjacent to an activating group) is 1. The second-order valence-corrected chi connectivity index (χ2v) is 29.4. The van der Waals surface area contributed by atoms with Gasteiger partial charge in [0, 0.05) is 12.8 Å². The van der Waals surface area contributed by atoms with Crippen LogP contribution >= 0.6 is 0 Å². The van der Waals surface area contributed by atoms with E-state index in [2.05, 4.69) is 148 Å². The Labute approximate surface area is 624 Å². The maximum atomic E-state index is 13.0. The molecule has 0 aliphatic rings. The molecule has 0 aromatic rings. The number of nitrogens with zero attached hydrogens (tertiary/aromatic N) is 1. The van der Waals surface area contributed by atoms with E-state index in [0.29, 0.717) is 23.9 Å². The molecule has 0 radical (unpaired) electrons. The molecule has 9 nitrogen and oxygen atoms in total. The van der Waals surface area contributed by atoms with Crippen molar-refractivity contribution >= 4 is 17.9 Å². The van der Waals surface area contributed by atoms with Crippen LogP contribution in [0.5, 0.6) is 0 Å². The predicted octanol–water partition coefficient (Wildman–Crippen LogP) is 27.6. The van der Waals surface area contributed by atoms with E-state index >= 15 is 0 Å². The number of rotatable bonds is 78. The molecule has 0 aromatic heterocycles. The van der Waals surface area contributed by atoms with Crippen molar-refractivity contribution in [2.24, 2.45) is 0 Å². The molecular weight excluding hydrogens is 1250 g/mol. The van der Waals surface area contributed by atoms with Gasteiger partial charge in [-0.25, -0.2) is 4.79 Å². The Morgan fingerprint density at radius 2 is 0.564 bits per heavy atom. The first-order chi connectivity index (χ1) is 49.6. The van der Waals surface area contributed by atoms with E-state index in [4.69, 9.17) is 18.9 Å². The summed E-state index contributed by atoms with van der Waals surface area (Å²) in [5, 5.41) is 9.78. The van der Waals surface area contributed by atoms with Gasteiger partial charge >= 0.3 is 17.9 Å². The molecule has 0 aliphatic heterocycles. The molecule has 1 N–H and O–H groups in total. The predicted molar refractivity (Wildman–Crippen MR) is 438 cm³/mol. The standard InChI is InChI=1S/C92H159NO8/c1-6-8-10-12-14-16-18-20-22-24-26-28-30-32-34-36-38-40-42-43-44-45-46-47-49-50-52-54-56-58-60-62-64-66-68-70-72-74-76-78-80-82-89(94)99-86-88(87-100-92(91(96)97)98-85-84-93(3,4)5)101-90(95)83-81-79-77-75-73-71-69-67-65-63-61-59-57-55-53-51-48-41-39-37-35-33-31-29-27-25-23-21-19-17-15-13-11-9-7-2/h9,11,15,17-18,20-21,23-24,26-27,29-30,32-33,35,39,41,51,53,57,59,88,92H,6-8,10,12-14,16,19,22,25,28,31,34,36-38,40,42-50,52,54-56,58,60-87H2,1-5H3/p+1/b11-9-,17-15-,20-18-,23-21-,26-24-,29-27-,32-30-,35-33-,41-39-,53-51-,59-57-. The van der Waals surface area contributed by atoms with Crippen LogP contribution in [0.1, 0.15) is 373 Å². The fourth-order valence-electron chi connectivity index (χ4n) is 12.0. The second kappa shape index (κ2) is 81.1. The Morgan fingerprint density at radius 3 is 0.842 bits per heavy atom. The number of unbranched alkanes of at least 4 members (excludes halogenated alkanes) is 41. The number of carbonyl (C=O) groups is 3. The van der Waals surface area contributed by atoms with Crippen molar-refractivity contribution in [1.82, 2.24) is 0 Å². The van der Waals surface area contributed by atoms with E-state index in [1.54, 1.807) is 0 Å². The molecule has 0 saturated carbocycles. The molecule has 0 spiro atoms. The molecule has 0 heterocycles. The Morgan fingerprint density at radius 1 is 0.307 bits per heavy atom. The van der Waals surface area contributed by atoms with Crippen molar-refractivity contribution < 1.29 is 42.9 Å². The number of carbonyl (C=O) groups excluding carboxylic acids is 2. The van der Waals surface area contributed by atoms with Crippen LogP contribution in [-0.2, 0) is 33.3 Å². The van der Waals surface area contributed by atoms with Crippen molar-refractivity contribution in [2.45, 2.75) is 386 Å². The van der Waals surface area contributed by atoms with Crippen molar-refractivity contribution in [3.05, 3.63) is 134 Å². The van der Waals surface area contributed by atoms with Crippen LogP contribution in [0, 0.1) is 0 Å². The smallest absolute Gasteiger partial charge is 0.361 e. The number of hydrogen-bond donors (Lipinski definition) is 1. The highest BCUT2D eigenvalue weighted by atomic mass is 16.7. The first kappa shape index (κ1) is 96.4. The number of aliphatic carboxylic acids is 1. The van der Waals surface area contributed by atoms with Crippen molar-refractivity contribution in [3.8, 4) is 0 Å². The summed E-state index contributed by atoms with van der Waals surface area (Å²) in [5.74, 6) is -2.00. The zero-order chi connectivity index (χ0) is 73.2. The Balaban J connectivity index is 4.00. The van der Waals surface area contributed by atoms with E-state index in [1.807, 2.05) is 21.1 Å². The second-order valence-electron chi connectivity index (χ2n) is 29.4. The maximum Gasteiger partial charge on any atom is 0.361 e. The highest BCUT2D eigenvalue weighted by Gasteiger charge is 2.25. The number of ether oxygens (including phenoxy) is 4. The summed E-state index contributed by atoms with van der Waals surface area (Å²) in [6.07, 6.45) is 115. The molecule has 0 bridgehead atoms. The van der Waals surface area contributed by atoms with Gasteiger partial charge in [-0.3, -0.25) is 9.59 Å². The SMILES string of the molecule is CC/C=C\C/C=C\C/C=C\C/C=C\C/C=C\C/C=C\C/C=C\C/C=C\CCCCCCCCCCCCC(=O)OC(COC(=O)CCCCCCCCCCCCCCCCCCCCCCCCCCCC/C=C\C/C=C\C/C=C\CCCCCCC)COC(OCC[N+](C)(C)C)C(=O)O. The third-order valence-corrected chi connectivity index (χ3v) is 18.4. The lowest BCUT2D eigenvalue weighted by Crippen LogP contribution is -2.40. The van der Waals surface area contributed by atoms with Crippen LogP contribution in [0.4, 0.5) is 0 Å². The fraction of sp³-hybridized carbons (Fsp3) is 0.728. The normalized spacial score (nSPS) is 13.3. The van der Waals surface area contributed by atoms with Gasteiger partial charge < -0.3 is 28.5 Å². The van der Waals surface area contributed by atoms with Crippen molar-refractivity contribution in [3.63, 3.8) is 0 Å².